The van der Waals surface area contributed by atoms with Gasteiger partial charge in [-0.3, -0.25) is 0 Å². The minimum absolute atomic E-state index is 0.325. The summed E-state index contributed by atoms with van der Waals surface area (Å²) in [6.07, 6.45) is 5.01. The molecule has 1 aromatic rings. The molecule has 3 N–H and O–H groups in total. The monoisotopic (exact) mass is 263 g/mol. The number of carboxylic acids is 1. The number of aromatic carboxylic acids is 1. The van der Waals surface area contributed by atoms with Gasteiger partial charge in [0.05, 0.1) is 11.2 Å². The van der Waals surface area contributed by atoms with E-state index in [1.54, 1.807) is 18.2 Å². The quantitative estimate of drug-likeness (QED) is 0.761. The van der Waals surface area contributed by atoms with Crippen LogP contribution in [0.4, 0.5) is 0 Å². The summed E-state index contributed by atoms with van der Waals surface area (Å²) in [6.45, 7) is 1.01. The molecular weight excluding hydrogens is 242 g/mol. The first-order valence-electron chi connectivity index (χ1n) is 6.85. The Balaban J connectivity index is 1.90. The van der Waals surface area contributed by atoms with Gasteiger partial charge in [0.2, 0.25) is 0 Å². The van der Waals surface area contributed by atoms with Crippen molar-refractivity contribution in [2.24, 2.45) is 0 Å². The number of hydrogen-bond donors (Lipinski definition) is 3. The molecule has 4 nitrogen and oxygen atoms in total. The van der Waals surface area contributed by atoms with Crippen LogP contribution in [0.3, 0.4) is 0 Å². The second kappa shape index (κ2) is 6.17. The van der Waals surface area contributed by atoms with E-state index in [0.717, 1.165) is 31.2 Å². The van der Waals surface area contributed by atoms with E-state index in [4.69, 9.17) is 5.11 Å². The molecule has 0 unspecified atom stereocenters. The highest BCUT2D eigenvalue weighted by atomic mass is 16.4. The molecular formula is C15H21NO3. The van der Waals surface area contributed by atoms with Gasteiger partial charge in [0.15, 0.2) is 0 Å². The standard InChI is InChI=1S/C15H21NO3/c17-14(18)13-7-3-2-6-12(13)10-16-11-15(19)8-4-1-5-9-15/h2-3,6-7,16,19H,1,4-5,8-11H2,(H,17,18). The number of nitrogens with one attached hydrogen (secondary N) is 1. The molecule has 0 saturated heterocycles. The molecule has 104 valence electrons. The van der Waals surface area contributed by atoms with Crippen molar-refractivity contribution in [3.8, 4) is 0 Å². The Labute approximate surface area is 113 Å². The molecule has 19 heavy (non-hydrogen) atoms. The minimum atomic E-state index is -0.909. The molecule has 2 rings (SSSR count). The maximum atomic E-state index is 11.1. The molecule has 0 aromatic heterocycles. The van der Waals surface area contributed by atoms with E-state index >= 15 is 0 Å². The molecule has 4 heteroatoms. The van der Waals surface area contributed by atoms with Gasteiger partial charge in [0.25, 0.3) is 0 Å². The van der Waals surface area contributed by atoms with E-state index in [-0.39, 0.29) is 0 Å². The molecule has 0 spiro atoms. The fourth-order valence-electron chi connectivity index (χ4n) is 2.70. The zero-order chi connectivity index (χ0) is 13.7. The van der Waals surface area contributed by atoms with Gasteiger partial charge in [-0.15, -0.1) is 0 Å². The van der Waals surface area contributed by atoms with Crippen LogP contribution in [-0.4, -0.2) is 28.3 Å². The zero-order valence-corrected chi connectivity index (χ0v) is 11.1. The van der Waals surface area contributed by atoms with Crippen molar-refractivity contribution < 1.29 is 15.0 Å². The molecule has 0 radical (unpaired) electrons. The average molecular weight is 263 g/mol. The van der Waals surface area contributed by atoms with E-state index in [9.17, 15) is 9.90 Å². The fraction of sp³-hybridized carbons (Fsp3) is 0.533. The Morgan fingerprint density at radius 3 is 2.58 bits per heavy atom. The summed E-state index contributed by atoms with van der Waals surface area (Å²) in [6, 6.07) is 6.97. The fourth-order valence-corrected chi connectivity index (χ4v) is 2.70. The van der Waals surface area contributed by atoms with Crippen LogP contribution in [0.1, 0.15) is 48.0 Å². The van der Waals surface area contributed by atoms with Gasteiger partial charge in [-0.1, -0.05) is 37.5 Å². The van der Waals surface area contributed by atoms with Gasteiger partial charge in [-0.05, 0) is 24.5 Å². The topological polar surface area (TPSA) is 69.6 Å². The van der Waals surface area contributed by atoms with Gasteiger partial charge in [-0.25, -0.2) is 4.79 Å². The van der Waals surface area contributed by atoms with Crippen LogP contribution in [0.2, 0.25) is 0 Å². The van der Waals surface area contributed by atoms with Crippen LogP contribution < -0.4 is 5.32 Å². The largest absolute Gasteiger partial charge is 0.478 e. The molecule has 0 heterocycles. The lowest BCUT2D eigenvalue weighted by molar-refractivity contribution is 0.00467. The summed E-state index contributed by atoms with van der Waals surface area (Å²) in [5.74, 6) is -0.909. The molecule has 0 bridgehead atoms. The lowest BCUT2D eigenvalue weighted by atomic mass is 9.85. The maximum absolute atomic E-state index is 11.1. The molecule has 1 saturated carbocycles. The Morgan fingerprint density at radius 1 is 1.21 bits per heavy atom. The van der Waals surface area contributed by atoms with Gasteiger partial charge < -0.3 is 15.5 Å². The normalized spacial score (nSPS) is 18.2. The van der Waals surface area contributed by atoms with Crippen molar-refractivity contribution in [3.05, 3.63) is 35.4 Å². The van der Waals surface area contributed by atoms with Crippen LogP contribution in [0, 0.1) is 0 Å². The van der Waals surface area contributed by atoms with Gasteiger partial charge in [-0.2, -0.15) is 0 Å². The van der Waals surface area contributed by atoms with E-state index < -0.39 is 11.6 Å². The number of carbonyl (C=O) groups is 1. The van der Waals surface area contributed by atoms with Gasteiger partial charge in [0, 0.05) is 13.1 Å². The summed E-state index contributed by atoms with van der Waals surface area (Å²) in [7, 11) is 0. The first-order valence-corrected chi connectivity index (χ1v) is 6.85. The van der Waals surface area contributed by atoms with E-state index in [2.05, 4.69) is 5.32 Å². The Hall–Kier alpha value is -1.39. The second-order valence-electron chi connectivity index (χ2n) is 5.35. The van der Waals surface area contributed by atoms with E-state index in [1.807, 2.05) is 6.07 Å². The number of aliphatic hydroxyl groups is 1. The van der Waals surface area contributed by atoms with Crippen molar-refractivity contribution in [2.45, 2.75) is 44.2 Å². The summed E-state index contributed by atoms with van der Waals surface area (Å²) in [4.78, 5) is 11.1. The third-order valence-electron chi connectivity index (χ3n) is 3.80. The average Bonchev–Trinajstić information content (AvgIpc) is 2.40. The molecule has 1 aromatic carbocycles. The number of rotatable bonds is 5. The third-order valence-corrected chi connectivity index (χ3v) is 3.80. The van der Waals surface area contributed by atoms with Crippen molar-refractivity contribution >= 4 is 5.97 Å². The maximum Gasteiger partial charge on any atom is 0.336 e. The molecule has 0 aliphatic heterocycles. The smallest absolute Gasteiger partial charge is 0.336 e. The lowest BCUT2D eigenvalue weighted by Gasteiger charge is -2.32. The highest BCUT2D eigenvalue weighted by Crippen LogP contribution is 2.27. The third kappa shape index (κ3) is 3.78. The summed E-state index contributed by atoms with van der Waals surface area (Å²) >= 11 is 0. The Kier molecular flexibility index (Phi) is 4.56. The SMILES string of the molecule is O=C(O)c1ccccc1CNCC1(O)CCCCC1. The molecule has 1 aliphatic rings. The minimum Gasteiger partial charge on any atom is -0.478 e. The zero-order valence-electron chi connectivity index (χ0n) is 11.1. The number of carboxylic acid groups (broad SMARTS) is 1. The second-order valence-corrected chi connectivity index (χ2v) is 5.35. The predicted octanol–water partition coefficient (Wildman–Crippen LogP) is 2.17. The molecule has 1 fully saturated rings. The van der Waals surface area contributed by atoms with Crippen molar-refractivity contribution in [1.82, 2.24) is 5.32 Å². The van der Waals surface area contributed by atoms with E-state index in [0.29, 0.717) is 18.7 Å². The van der Waals surface area contributed by atoms with Crippen LogP contribution in [0.15, 0.2) is 24.3 Å². The van der Waals surface area contributed by atoms with Crippen LogP contribution >= 0.6 is 0 Å². The highest BCUT2D eigenvalue weighted by Gasteiger charge is 2.28. The molecule has 0 atom stereocenters. The van der Waals surface area contributed by atoms with E-state index in [1.165, 1.54) is 6.42 Å². The molecule has 0 amide bonds. The highest BCUT2D eigenvalue weighted by molar-refractivity contribution is 5.89. The first kappa shape index (κ1) is 14.0. The summed E-state index contributed by atoms with van der Waals surface area (Å²) < 4.78 is 0. The number of hydrogen-bond acceptors (Lipinski definition) is 3. The van der Waals surface area contributed by atoms with Crippen LogP contribution in [0.5, 0.6) is 0 Å². The van der Waals surface area contributed by atoms with Crippen LogP contribution in [-0.2, 0) is 6.54 Å². The van der Waals surface area contributed by atoms with Crippen molar-refractivity contribution in [3.63, 3.8) is 0 Å². The van der Waals surface area contributed by atoms with Crippen molar-refractivity contribution in [2.75, 3.05) is 6.54 Å². The van der Waals surface area contributed by atoms with Gasteiger partial charge >= 0.3 is 5.97 Å². The Morgan fingerprint density at radius 2 is 1.89 bits per heavy atom. The predicted molar refractivity (Wildman–Crippen MR) is 73.1 cm³/mol. The van der Waals surface area contributed by atoms with Crippen molar-refractivity contribution in [1.29, 1.82) is 0 Å². The molecule has 1 aliphatic carbocycles. The summed E-state index contributed by atoms with van der Waals surface area (Å²) in [5, 5.41) is 22.6. The number of benzene rings is 1. The van der Waals surface area contributed by atoms with Gasteiger partial charge in [0.1, 0.15) is 0 Å². The Bertz CT molecular complexity index is 439. The summed E-state index contributed by atoms with van der Waals surface area (Å²) in [5.41, 5.74) is 0.469. The van der Waals surface area contributed by atoms with Crippen LogP contribution in [0.25, 0.3) is 0 Å². The lowest BCUT2D eigenvalue weighted by Crippen LogP contribution is -2.42. The first-order chi connectivity index (χ1) is 9.11.